The van der Waals surface area contributed by atoms with Crippen LogP contribution in [0.2, 0.25) is 0 Å². The molecular weight excluding hydrogens is 302 g/mol. The number of rotatable bonds is 6. The van der Waals surface area contributed by atoms with Gasteiger partial charge in [-0.2, -0.15) is 5.10 Å². The zero-order valence-electron chi connectivity index (χ0n) is 12.5. The Labute approximate surface area is 125 Å². The molecule has 0 aromatic carbocycles. The standard InChI is InChI=1S/C15H26BrN3/c1-4-7-12-8-9-18(10-12)11-14-15(16)13(5-2)17-19(14)6-3/h12H,4-11H2,1-3H3. The minimum Gasteiger partial charge on any atom is -0.297 e. The summed E-state index contributed by atoms with van der Waals surface area (Å²) in [5.74, 6) is 0.910. The Morgan fingerprint density at radius 1 is 1.32 bits per heavy atom. The zero-order chi connectivity index (χ0) is 13.8. The van der Waals surface area contributed by atoms with Gasteiger partial charge < -0.3 is 0 Å². The Balaban J connectivity index is 2.05. The number of aromatic nitrogens is 2. The van der Waals surface area contributed by atoms with E-state index in [1.165, 1.54) is 48.2 Å². The molecule has 1 aromatic heterocycles. The molecule has 1 atom stereocenters. The van der Waals surface area contributed by atoms with Crippen LogP contribution in [0.4, 0.5) is 0 Å². The van der Waals surface area contributed by atoms with Crippen molar-refractivity contribution in [3.05, 3.63) is 15.9 Å². The van der Waals surface area contributed by atoms with E-state index in [1.54, 1.807) is 0 Å². The highest BCUT2D eigenvalue weighted by molar-refractivity contribution is 9.10. The lowest BCUT2D eigenvalue weighted by molar-refractivity contribution is 0.301. The van der Waals surface area contributed by atoms with E-state index < -0.39 is 0 Å². The molecule has 1 saturated heterocycles. The molecule has 2 heterocycles. The van der Waals surface area contributed by atoms with Crippen molar-refractivity contribution in [2.24, 2.45) is 5.92 Å². The predicted molar refractivity (Wildman–Crippen MR) is 83.3 cm³/mol. The third-order valence-corrected chi connectivity index (χ3v) is 5.05. The van der Waals surface area contributed by atoms with E-state index in [4.69, 9.17) is 0 Å². The second-order valence-corrected chi connectivity index (χ2v) is 6.35. The molecule has 3 nitrogen and oxygen atoms in total. The van der Waals surface area contributed by atoms with Gasteiger partial charge in [0.2, 0.25) is 0 Å². The molecule has 1 aliphatic rings. The molecule has 0 radical (unpaired) electrons. The smallest absolute Gasteiger partial charge is 0.0767 e. The topological polar surface area (TPSA) is 21.1 Å². The maximum Gasteiger partial charge on any atom is 0.0767 e. The second kappa shape index (κ2) is 6.89. The Bertz CT molecular complexity index is 414. The van der Waals surface area contributed by atoms with E-state index in [2.05, 4.69) is 51.4 Å². The minimum absolute atomic E-state index is 0.910. The quantitative estimate of drug-likeness (QED) is 0.791. The summed E-state index contributed by atoms with van der Waals surface area (Å²) in [6, 6.07) is 0. The first kappa shape index (κ1) is 15.0. The van der Waals surface area contributed by atoms with E-state index in [1.807, 2.05) is 0 Å². The van der Waals surface area contributed by atoms with Crippen molar-refractivity contribution in [1.82, 2.24) is 14.7 Å². The van der Waals surface area contributed by atoms with Gasteiger partial charge in [0.15, 0.2) is 0 Å². The highest BCUT2D eigenvalue weighted by Crippen LogP contribution is 2.27. The fourth-order valence-corrected chi connectivity index (χ4v) is 3.77. The summed E-state index contributed by atoms with van der Waals surface area (Å²) in [5, 5.41) is 4.69. The number of likely N-dealkylation sites (tertiary alicyclic amines) is 1. The second-order valence-electron chi connectivity index (χ2n) is 5.56. The number of aryl methyl sites for hydroxylation is 2. The van der Waals surface area contributed by atoms with Gasteiger partial charge in [-0.1, -0.05) is 20.3 Å². The molecule has 4 heteroatoms. The molecule has 1 fully saturated rings. The fourth-order valence-electron chi connectivity index (χ4n) is 3.08. The van der Waals surface area contributed by atoms with E-state index in [0.717, 1.165) is 25.4 Å². The van der Waals surface area contributed by atoms with Crippen molar-refractivity contribution in [1.29, 1.82) is 0 Å². The molecule has 108 valence electrons. The molecule has 0 saturated carbocycles. The molecule has 0 N–H and O–H groups in total. The monoisotopic (exact) mass is 327 g/mol. The maximum absolute atomic E-state index is 4.69. The SMILES string of the molecule is CCCC1CCN(Cc2c(Br)c(CC)nn2CC)C1. The van der Waals surface area contributed by atoms with Gasteiger partial charge >= 0.3 is 0 Å². The minimum atomic E-state index is 0.910. The molecule has 0 amide bonds. The zero-order valence-corrected chi connectivity index (χ0v) is 14.0. The van der Waals surface area contributed by atoms with Crippen molar-refractivity contribution >= 4 is 15.9 Å². The third kappa shape index (κ3) is 3.40. The van der Waals surface area contributed by atoms with Crippen molar-refractivity contribution in [2.45, 2.75) is 59.5 Å². The lowest BCUT2D eigenvalue weighted by Crippen LogP contribution is -2.22. The first-order chi connectivity index (χ1) is 9.19. The van der Waals surface area contributed by atoms with Crippen molar-refractivity contribution in [2.75, 3.05) is 13.1 Å². The summed E-state index contributed by atoms with van der Waals surface area (Å²) >= 11 is 3.75. The molecule has 0 aliphatic carbocycles. The number of halogens is 1. The third-order valence-electron chi connectivity index (χ3n) is 4.13. The van der Waals surface area contributed by atoms with Crippen LogP contribution < -0.4 is 0 Å². The van der Waals surface area contributed by atoms with Crippen LogP contribution in [0.5, 0.6) is 0 Å². The van der Waals surface area contributed by atoms with Crippen molar-refractivity contribution < 1.29 is 0 Å². The molecule has 1 aliphatic heterocycles. The van der Waals surface area contributed by atoms with Gasteiger partial charge in [-0.3, -0.25) is 9.58 Å². The van der Waals surface area contributed by atoms with Crippen molar-refractivity contribution in [3.63, 3.8) is 0 Å². The van der Waals surface area contributed by atoms with Gasteiger partial charge in [0.1, 0.15) is 0 Å². The number of hydrogen-bond donors (Lipinski definition) is 0. The summed E-state index contributed by atoms with van der Waals surface area (Å²) in [5.41, 5.74) is 2.55. The lowest BCUT2D eigenvalue weighted by Gasteiger charge is -2.17. The van der Waals surface area contributed by atoms with Crippen LogP contribution >= 0.6 is 15.9 Å². The highest BCUT2D eigenvalue weighted by atomic mass is 79.9. The maximum atomic E-state index is 4.69. The molecule has 0 spiro atoms. The summed E-state index contributed by atoms with van der Waals surface area (Å²) in [6.07, 6.45) is 5.06. The lowest BCUT2D eigenvalue weighted by atomic mass is 10.0. The van der Waals surface area contributed by atoms with E-state index in [-0.39, 0.29) is 0 Å². The van der Waals surface area contributed by atoms with Gasteiger partial charge in [0.25, 0.3) is 0 Å². The average molecular weight is 328 g/mol. The van der Waals surface area contributed by atoms with Crippen LogP contribution in [0.3, 0.4) is 0 Å². The number of nitrogens with zero attached hydrogens (tertiary/aromatic N) is 3. The van der Waals surface area contributed by atoms with Crippen LogP contribution in [0.1, 0.15) is 51.4 Å². The Morgan fingerprint density at radius 3 is 2.74 bits per heavy atom. The van der Waals surface area contributed by atoms with Gasteiger partial charge in [-0.15, -0.1) is 0 Å². The molecule has 1 aromatic rings. The van der Waals surface area contributed by atoms with Crippen molar-refractivity contribution in [3.8, 4) is 0 Å². The summed E-state index contributed by atoms with van der Waals surface area (Å²) < 4.78 is 3.39. The molecule has 2 rings (SSSR count). The van der Waals surface area contributed by atoms with Gasteiger partial charge in [0, 0.05) is 19.6 Å². The van der Waals surface area contributed by atoms with Crippen LogP contribution in [0.15, 0.2) is 4.47 Å². The van der Waals surface area contributed by atoms with E-state index in [9.17, 15) is 0 Å². The van der Waals surface area contributed by atoms with Gasteiger partial charge in [-0.25, -0.2) is 0 Å². The molecular formula is C15H26BrN3. The molecule has 0 bridgehead atoms. The normalized spacial score (nSPS) is 20.3. The molecule has 19 heavy (non-hydrogen) atoms. The first-order valence-corrected chi connectivity index (χ1v) is 8.45. The first-order valence-electron chi connectivity index (χ1n) is 7.65. The summed E-state index contributed by atoms with van der Waals surface area (Å²) in [6.45, 7) is 11.1. The van der Waals surface area contributed by atoms with E-state index >= 15 is 0 Å². The molecule has 1 unspecified atom stereocenters. The van der Waals surface area contributed by atoms with Crippen LogP contribution in [0.25, 0.3) is 0 Å². The average Bonchev–Trinajstić information content (AvgIpc) is 2.97. The van der Waals surface area contributed by atoms with Gasteiger partial charge in [-0.05, 0) is 54.6 Å². The van der Waals surface area contributed by atoms with Crippen LogP contribution in [-0.2, 0) is 19.5 Å². The summed E-state index contributed by atoms with van der Waals surface area (Å²) in [7, 11) is 0. The Kier molecular flexibility index (Phi) is 5.46. The predicted octanol–water partition coefficient (Wildman–Crippen LogP) is 3.85. The highest BCUT2D eigenvalue weighted by Gasteiger charge is 2.24. The summed E-state index contributed by atoms with van der Waals surface area (Å²) in [4.78, 5) is 2.59. The van der Waals surface area contributed by atoms with E-state index in [0.29, 0.717) is 0 Å². The fraction of sp³-hybridized carbons (Fsp3) is 0.800. The van der Waals surface area contributed by atoms with Crippen LogP contribution in [-0.4, -0.2) is 27.8 Å². The Morgan fingerprint density at radius 2 is 2.11 bits per heavy atom. The Hall–Kier alpha value is -0.350. The van der Waals surface area contributed by atoms with Crippen LogP contribution in [0, 0.1) is 5.92 Å². The largest absolute Gasteiger partial charge is 0.297 e. The number of hydrogen-bond acceptors (Lipinski definition) is 2. The van der Waals surface area contributed by atoms with Gasteiger partial charge in [0.05, 0.1) is 15.9 Å².